The van der Waals surface area contributed by atoms with Crippen LogP contribution in [-0.2, 0) is 92.6 Å². The van der Waals surface area contributed by atoms with Gasteiger partial charge < -0.3 is 30.3 Å². The number of aliphatic hydroxyl groups is 3. The normalized spacial score (nSPS) is 13.1. The van der Waals surface area contributed by atoms with Gasteiger partial charge in [-0.1, -0.05) is 399 Å². The minimum absolute atomic E-state index is 0. The first-order valence-electron chi connectivity index (χ1n) is 49.8. The second kappa shape index (κ2) is 42.8. The van der Waals surface area contributed by atoms with Crippen molar-refractivity contribution in [1.82, 2.24) is 15.0 Å². The second-order valence-corrected chi connectivity index (χ2v) is 40.5. The maximum atomic E-state index is 11.8. The van der Waals surface area contributed by atoms with Crippen LogP contribution in [0.25, 0.3) is 202 Å². The molecule has 3 heterocycles. The quantitative estimate of drug-likeness (QED) is 0.0400. The van der Waals surface area contributed by atoms with Gasteiger partial charge in [0.15, 0.2) is 17.3 Å². The van der Waals surface area contributed by atoms with Gasteiger partial charge in [0.05, 0.1) is 11.5 Å². The molecule has 3 radical (unpaired) electrons. The van der Waals surface area contributed by atoms with E-state index in [0.29, 0.717) is 17.0 Å². The topological polar surface area (TPSA) is 151 Å². The first-order valence-corrected chi connectivity index (χ1v) is 49.8. The summed E-state index contributed by atoms with van der Waals surface area (Å²) in [4.78, 5) is 46.3. The van der Waals surface area contributed by atoms with Crippen LogP contribution < -0.4 is 0 Å². The largest absolute Gasteiger partial charge is 0.512 e. The van der Waals surface area contributed by atoms with E-state index in [-0.39, 0.29) is 111 Å². The van der Waals surface area contributed by atoms with Gasteiger partial charge in [0, 0.05) is 108 Å². The molecular formula is C137H108Ir3N3O6-3. The Bertz CT molecular complexity index is 9220. The fraction of sp³-hybridized carbons (Fsp3) is 0.124. The van der Waals surface area contributed by atoms with Crippen molar-refractivity contribution in [2.24, 2.45) is 5.92 Å². The van der Waals surface area contributed by atoms with Gasteiger partial charge in [-0.3, -0.25) is 14.4 Å². The number of aliphatic hydroxyl groups excluding tert-OH is 3. The number of aromatic nitrogens is 3. The van der Waals surface area contributed by atoms with Crippen molar-refractivity contribution in [1.29, 1.82) is 0 Å². The number of benzene rings is 20. The van der Waals surface area contributed by atoms with Crippen molar-refractivity contribution in [3.8, 4) is 67.2 Å². The van der Waals surface area contributed by atoms with Crippen molar-refractivity contribution in [3.05, 3.63) is 481 Å². The number of carbonyl (C=O) groups is 3. The summed E-state index contributed by atoms with van der Waals surface area (Å²) >= 11 is 0. The fourth-order valence-corrected chi connectivity index (χ4v) is 22.3. The second-order valence-electron chi connectivity index (χ2n) is 40.5. The third kappa shape index (κ3) is 19.8. The summed E-state index contributed by atoms with van der Waals surface area (Å²) in [7, 11) is 0. The number of carbonyl (C=O) groups excluding carboxylic acids is 3. The van der Waals surface area contributed by atoms with Gasteiger partial charge in [0.25, 0.3) is 0 Å². The summed E-state index contributed by atoms with van der Waals surface area (Å²) in [6.45, 7) is 24.4. The van der Waals surface area contributed by atoms with Gasteiger partial charge in [-0.15, -0.1) is 88.0 Å². The van der Waals surface area contributed by atoms with Crippen LogP contribution in [0.4, 0.5) is 0 Å². The predicted molar refractivity (Wildman–Crippen MR) is 609 cm³/mol. The first-order chi connectivity index (χ1) is 70.6. The molecule has 3 aliphatic carbocycles. The number of pyridine rings is 3. The molecule has 12 heteroatoms. The minimum atomic E-state index is -0.202. The van der Waals surface area contributed by atoms with Gasteiger partial charge in [-0.05, 0) is 242 Å². The van der Waals surface area contributed by atoms with E-state index >= 15 is 0 Å². The Morgan fingerprint density at radius 3 is 0.966 bits per heavy atom. The molecule has 0 saturated heterocycles. The molecule has 23 aromatic rings. The maximum Gasteiger partial charge on any atom is 0.189 e. The van der Waals surface area contributed by atoms with Crippen molar-refractivity contribution in [3.63, 3.8) is 0 Å². The Labute approximate surface area is 909 Å². The molecule has 0 amide bonds. The van der Waals surface area contributed by atoms with E-state index in [1.54, 1.807) is 36.4 Å². The Morgan fingerprint density at radius 2 is 0.591 bits per heavy atom. The molecule has 0 bridgehead atoms. The van der Waals surface area contributed by atoms with E-state index in [2.05, 4.69) is 377 Å². The molecule has 0 unspecified atom stereocenters. The molecular weight excluding hydrogens is 2360 g/mol. The van der Waals surface area contributed by atoms with Crippen LogP contribution in [0.3, 0.4) is 0 Å². The molecule has 3 N–H and O–H groups in total. The summed E-state index contributed by atoms with van der Waals surface area (Å²) in [5.41, 5.74) is 24.4. The zero-order chi connectivity index (χ0) is 101. The smallest absolute Gasteiger partial charge is 0.189 e. The van der Waals surface area contributed by atoms with Crippen molar-refractivity contribution < 1.29 is 90.0 Å². The minimum Gasteiger partial charge on any atom is -0.512 e. The van der Waals surface area contributed by atoms with Gasteiger partial charge in [0.2, 0.25) is 0 Å². The summed E-state index contributed by atoms with van der Waals surface area (Å²) in [5, 5.41) is 57.4. The Hall–Kier alpha value is -15.5. The summed E-state index contributed by atoms with van der Waals surface area (Å²) < 4.78 is 0. The maximum absolute atomic E-state index is 11.8. The molecule has 26 rings (SSSR count). The van der Waals surface area contributed by atoms with Crippen LogP contribution in [0, 0.1) is 24.1 Å². The number of nitrogens with zero attached hydrogens (tertiary/aromatic N) is 3. The van der Waals surface area contributed by atoms with E-state index in [1.165, 1.54) is 237 Å². The molecule has 0 atom stereocenters. The van der Waals surface area contributed by atoms with Gasteiger partial charge >= 0.3 is 0 Å². The Kier molecular flexibility index (Phi) is 29.7. The van der Waals surface area contributed by atoms with Crippen LogP contribution in [0.5, 0.6) is 0 Å². The van der Waals surface area contributed by atoms with Gasteiger partial charge in [-0.2, -0.15) is 0 Å². The van der Waals surface area contributed by atoms with Crippen LogP contribution in [0.2, 0.25) is 0 Å². The van der Waals surface area contributed by atoms with Gasteiger partial charge in [0.1, 0.15) is 5.76 Å². The molecule has 0 aliphatic heterocycles. The number of ketones is 3. The number of rotatable bonds is 10. The van der Waals surface area contributed by atoms with Crippen LogP contribution in [0.15, 0.2) is 412 Å². The third-order valence-electron chi connectivity index (χ3n) is 29.2. The molecule has 0 saturated carbocycles. The molecule has 3 aliphatic rings. The van der Waals surface area contributed by atoms with Crippen molar-refractivity contribution in [2.45, 2.75) is 106 Å². The molecule has 0 spiro atoms. The zero-order valence-electron chi connectivity index (χ0n) is 84.8. The van der Waals surface area contributed by atoms with Crippen molar-refractivity contribution in [2.75, 3.05) is 0 Å². The standard InChI is InChI=1S/C40H32N.2C36H24N.C15H12O2.2C5H8O2.3Ir/c1-24(2)19-25-13-14-27-23-41-37(22-28(27)20-25)26-15-16-34-36(21-26)40(3,4)35-18-17-33-31-11-6-5-9-29(31)30-10-7-8-12-32(30)38(33)39(34)35;1-36(2)33-17-23(35-18-22-9-3-4-10-24(22)21-37-35)15-16-29(33)32-19-30-27-13-7-5-11-25(27)26-12-6-8-14-28(26)31(30)20-34(32)36;1-36(2)31-18-17-29-27-13-6-5-11-25(27)26-12-7-8-14-28(26)34(29)35(31)30-16-15-23(19-32(30)36)33-20-22-9-3-4-10-24(22)21-37-33;16-14(12-7-3-1-4-8-12)11-15(17)13-9-5-2-6-10-13;2*1-4(6)3-5(2)7;;;/h5-14,16-18,20-24H,19H2,1-4H3;2*3-14,16-21H,1-2H3;1-11,16H;2*3,6H,1-2H3;;;/q3*-1;;;;;;. The van der Waals surface area contributed by atoms with E-state index in [4.69, 9.17) is 25.2 Å². The number of fused-ring (bicyclic) bond motifs is 32. The average molecular weight is 2470 g/mol. The molecule has 149 heavy (non-hydrogen) atoms. The monoisotopic (exact) mass is 2470 g/mol. The SMILES string of the molecule is CC(=O)C=C(C)O.CC(=O)C=C(C)O.CC(C)Cc1ccc2cnc(-c3[c-]cc4c(c3)C(C)(C)c3ccc5c6ccccc6c6ccccc6c5c3-4)cc2c1.CC1(C)c2cc(-c3cc4ccccc4cn3)[c-]cc2-c2c1ccc1c3ccccc3c3ccccc3c21.CC1(C)c2cc(-c3cc4ccccc4cn3)[c-]cc2-c2cc3c4ccccc4c4ccccc4c3cc21.O=C(C=C(O)c1ccccc1)c1ccccc1.[Ir].[Ir].[Ir]. The number of allylic oxidation sites excluding steroid dienone is 5. The van der Waals surface area contributed by atoms with E-state index in [0.717, 1.165) is 51.0 Å². The van der Waals surface area contributed by atoms with Crippen LogP contribution in [0.1, 0.15) is 138 Å². The number of hydrogen-bond acceptors (Lipinski definition) is 9. The summed E-state index contributed by atoms with van der Waals surface area (Å²) in [6, 6.07) is 140. The average Bonchev–Trinajstić information content (AvgIpc) is 1.55. The third-order valence-corrected chi connectivity index (χ3v) is 29.2. The van der Waals surface area contributed by atoms with E-state index in [9.17, 15) is 19.5 Å². The van der Waals surface area contributed by atoms with Gasteiger partial charge in [-0.25, -0.2) is 0 Å². The first kappa shape index (κ1) is 104. The zero-order valence-corrected chi connectivity index (χ0v) is 92.0. The Morgan fingerprint density at radius 1 is 0.289 bits per heavy atom. The molecule has 0 fully saturated rings. The number of hydrogen-bond donors (Lipinski definition) is 3. The van der Waals surface area contributed by atoms with Crippen LogP contribution in [-0.4, -0.2) is 47.6 Å². The molecule has 737 valence electrons. The summed E-state index contributed by atoms with van der Waals surface area (Å²) in [5.74, 6) is 0.292. The molecule has 9 nitrogen and oxygen atoms in total. The fourth-order valence-electron chi connectivity index (χ4n) is 22.3. The predicted octanol–water partition coefficient (Wildman–Crippen LogP) is 35.1. The van der Waals surface area contributed by atoms with E-state index in [1.807, 2.05) is 42.9 Å². The van der Waals surface area contributed by atoms with Crippen molar-refractivity contribution >= 4 is 152 Å². The van der Waals surface area contributed by atoms with E-state index < -0.39 is 0 Å². The molecule has 3 aromatic heterocycles. The Balaban J connectivity index is 0.000000127. The molecule has 20 aromatic carbocycles. The van der Waals surface area contributed by atoms with Crippen LogP contribution >= 0.6 is 0 Å². The summed E-state index contributed by atoms with van der Waals surface area (Å²) in [6.07, 6.45) is 10.6.